The molecule has 5 heteroatoms. The average molecular weight is 444 g/mol. The van der Waals surface area contributed by atoms with Crippen molar-refractivity contribution in [1.29, 1.82) is 0 Å². The predicted octanol–water partition coefficient (Wildman–Crippen LogP) is 3.31. The van der Waals surface area contributed by atoms with E-state index in [9.17, 15) is 0 Å². The number of hydrogen-bond donors (Lipinski definition) is 2. The first-order chi connectivity index (χ1) is 11.2. The van der Waals surface area contributed by atoms with Gasteiger partial charge in [0.2, 0.25) is 0 Å². The largest absolute Gasteiger partial charge is 0.357 e. The first-order valence-electron chi connectivity index (χ1n) is 9.02. The van der Waals surface area contributed by atoms with E-state index in [-0.39, 0.29) is 24.0 Å². The van der Waals surface area contributed by atoms with Gasteiger partial charge in [0.1, 0.15) is 0 Å². The minimum absolute atomic E-state index is 0. The molecular formula is C19H33IN4. The molecule has 24 heavy (non-hydrogen) atoms. The molecule has 2 atom stereocenters. The van der Waals surface area contributed by atoms with E-state index < -0.39 is 0 Å². The summed E-state index contributed by atoms with van der Waals surface area (Å²) in [6.07, 6.45) is 1.29. The van der Waals surface area contributed by atoms with Crippen molar-refractivity contribution in [2.24, 2.45) is 10.9 Å². The van der Waals surface area contributed by atoms with Crippen LogP contribution in [0.1, 0.15) is 38.7 Å². The third kappa shape index (κ3) is 6.97. The van der Waals surface area contributed by atoms with E-state index in [0.29, 0.717) is 5.92 Å². The quantitative estimate of drug-likeness (QED) is 0.385. The number of halogens is 1. The lowest BCUT2D eigenvalue weighted by Crippen LogP contribution is -2.40. The van der Waals surface area contributed by atoms with Gasteiger partial charge in [0, 0.05) is 32.1 Å². The summed E-state index contributed by atoms with van der Waals surface area (Å²) >= 11 is 0. The zero-order valence-electron chi connectivity index (χ0n) is 15.3. The van der Waals surface area contributed by atoms with Gasteiger partial charge in [-0.05, 0) is 37.9 Å². The maximum Gasteiger partial charge on any atom is 0.191 e. The lowest BCUT2D eigenvalue weighted by Gasteiger charge is -2.17. The molecule has 0 saturated carbocycles. The number of guanidine groups is 1. The Morgan fingerprint density at radius 3 is 2.62 bits per heavy atom. The number of likely N-dealkylation sites (tertiary alicyclic amines) is 1. The number of hydrogen-bond acceptors (Lipinski definition) is 2. The number of nitrogens with one attached hydrogen (secondary N) is 2. The number of rotatable bonds is 7. The van der Waals surface area contributed by atoms with Gasteiger partial charge < -0.3 is 15.5 Å². The van der Waals surface area contributed by atoms with Crippen molar-refractivity contribution in [2.75, 3.05) is 39.3 Å². The lowest BCUT2D eigenvalue weighted by molar-refractivity contribution is 0.342. The van der Waals surface area contributed by atoms with Crippen LogP contribution in [0.5, 0.6) is 0 Å². The van der Waals surface area contributed by atoms with Crippen LogP contribution in [0.15, 0.2) is 35.3 Å². The van der Waals surface area contributed by atoms with E-state index in [2.05, 4.69) is 66.6 Å². The molecule has 0 aliphatic carbocycles. The first-order valence-corrected chi connectivity index (χ1v) is 9.02. The fraction of sp³-hybridized carbons (Fsp3) is 0.632. The second-order valence-electron chi connectivity index (χ2n) is 6.46. The minimum Gasteiger partial charge on any atom is -0.357 e. The smallest absolute Gasteiger partial charge is 0.191 e. The molecule has 0 aromatic heterocycles. The Bertz CT molecular complexity index is 478. The van der Waals surface area contributed by atoms with Crippen LogP contribution < -0.4 is 10.6 Å². The van der Waals surface area contributed by atoms with E-state index >= 15 is 0 Å². The van der Waals surface area contributed by atoms with Crippen molar-refractivity contribution in [3.05, 3.63) is 35.9 Å². The molecule has 2 unspecified atom stereocenters. The summed E-state index contributed by atoms with van der Waals surface area (Å²) in [6.45, 7) is 12.9. The van der Waals surface area contributed by atoms with Crippen molar-refractivity contribution >= 4 is 29.9 Å². The molecule has 0 amide bonds. The summed E-state index contributed by atoms with van der Waals surface area (Å²) in [5.74, 6) is 2.13. The lowest BCUT2D eigenvalue weighted by atomic mass is 10.0. The Balaban J connectivity index is 0.00000288. The highest BCUT2D eigenvalue weighted by Gasteiger charge is 2.21. The molecule has 0 radical (unpaired) electrons. The van der Waals surface area contributed by atoms with E-state index in [1.54, 1.807) is 0 Å². The van der Waals surface area contributed by atoms with E-state index in [1.807, 2.05) is 0 Å². The average Bonchev–Trinajstić information content (AvgIpc) is 3.06. The molecule has 2 rings (SSSR count). The highest BCUT2D eigenvalue weighted by Crippen LogP contribution is 2.15. The summed E-state index contributed by atoms with van der Waals surface area (Å²) in [6, 6.07) is 10.6. The molecule has 1 saturated heterocycles. The summed E-state index contributed by atoms with van der Waals surface area (Å²) in [7, 11) is 0. The van der Waals surface area contributed by atoms with Crippen LogP contribution in [0, 0.1) is 5.92 Å². The van der Waals surface area contributed by atoms with Gasteiger partial charge in [-0.25, -0.2) is 0 Å². The number of aliphatic imine (C=N–C) groups is 1. The van der Waals surface area contributed by atoms with Gasteiger partial charge >= 0.3 is 0 Å². The van der Waals surface area contributed by atoms with Gasteiger partial charge in [-0.15, -0.1) is 24.0 Å². The van der Waals surface area contributed by atoms with Gasteiger partial charge in [-0.1, -0.05) is 44.2 Å². The highest BCUT2D eigenvalue weighted by molar-refractivity contribution is 14.0. The summed E-state index contributed by atoms with van der Waals surface area (Å²) < 4.78 is 0. The summed E-state index contributed by atoms with van der Waals surface area (Å²) in [5.41, 5.74) is 1.35. The molecule has 2 N–H and O–H groups in total. The van der Waals surface area contributed by atoms with E-state index in [0.717, 1.165) is 31.5 Å². The standard InChI is InChI=1S/C19H32N4.HI/c1-4-20-19(22-14-17-11-12-23(5-2)15-17)21-13-16(3)18-9-7-6-8-10-18;/h6-10,16-17H,4-5,11-15H2,1-3H3,(H2,20,21,22);1H. The molecule has 0 spiro atoms. The van der Waals surface area contributed by atoms with Gasteiger partial charge in [0.05, 0.1) is 0 Å². The Morgan fingerprint density at radius 1 is 1.25 bits per heavy atom. The topological polar surface area (TPSA) is 39.7 Å². The Hall–Kier alpha value is -0.820. The van der Waals surface area contributed by atoms with Crippen molar-refractivity contribution in [3.8, 4) is 0 Å². The van der Waals surface area contributed by atoms with Crippen molar-refractivity contribution < 1.29 is 0 Å². The molecule has 1 aliphatic rings. The van der Waals surface area contributed by atoms with Crippen LogP contribution in [0.2, 0.25) is 0 Å². The molecule has 0 bridgehead atoms. The van der Waals surface area contributed by atoms with Crippen molar-refractivity contribution in [3.63, 3.8) is 0 Å². The van der Waals surface area contributed by atoms with Crippen LogP contribution in [-0.2, 0) is 0 Å². The zero-order valence-corrected chi connectivity index (χ0v) is 17.6. The molecule has 1 aliphatic heterocycles. The fourth-order valence-electron chi connectivity index (χ4n) is 3.06. The molecule has 1 heterocycles. The monoisotopic (exact) mass is 444 g/mol. The van der Waals surface area contributed by atoms with Crippen LogP contribution in [0.4, 0.5) is 0 Å². The minimum atomic E-state index is 0. The van der Waals surface area contributed by atoms with Crippen molar-refractivity contribution in [1.82, 2.24) is 15.5 Å². The van der Waals surface area contributed by atoms with Gasteiger partial charge in [0.15, 0.2) is 5.96 Å². The van der Waals surface area contributed by atoms with Gasteiger partial charge in [0.25, 0.3) is 0 Å². The SMILES string of the molecule is CCNC(=NCC(C)c1ccccc1)NCC1CCN(CC)C1.I. The second-order valence-corrected chi connectivity index (χ2v) is 6.46. The highest BCUT2D eigenvalue weighted by atomic mass is 127. The molecule has 1 aromatic carbocycles. The maximum absolute atomic E-state index is 4.77. The Morgan fingerprint density at radius 2 is 2.00 bits per heavy atom. The van der Waals surface area contributed by atoms with E-state index in [1.165, 1.54) is 31.6 Å². The third-order valence-electron chi connectivity index (χ3n) is 4.61. The summed E-state index contributed by atoms with van der Waals surface area (Å²) in [5, 5.41) is 6.89. The summed E-state index contributed by atoms with van der Waals surface area (Å²) in [4.78, 5) is 7.29. The van der Waals surface area contributed by atoms with Crippen LogP contribution in [0.25, 0.3) is 0 Å². The van der Waals surface area contributed by atoms with E-state index in [4.69, 9.17) is 4.99 Å². The second kappa shape index (κ2) is 11.7. The molecular weight excluding hydrogens is 411 g/mol. The van der Waals surface area contributed by atoms with Crippen LogP contribution >= 0.6 is 24.0 Å². The third-order valence-corrected chi connectivity index (χ3v) is 4.61. The van der Waals surface area contributed by atoms with Gasteiger partial charge in [-0.3, -0.25) is 4.99 Å². The molecule has 1 aromatic rings. The van der Waals surface area contributed by atoms with Crippen LogP contribution in [-0.4, -0.2) is 50.1 Å². The number of nitrogens with zero attached hydrogens (tertiary/aromatic N) is 2. The number of benzene rings is 1. The molecule has 4 nitrogen and oxygen atoms in total. The molecule has 1 fully saturated rings. The fourth-order valence-corrected chi connectivity index (χ4v) is 3.06. The Labute approximate surface area is 164 Å². The zero-order chi connectivity index (χ0) is 16.5. The Kier molecular flexibility index (Phi) is 10.3. The molecule has 136 valence electrons. The normalized spacial score (nSPS) is 19.6. The maximum atomic E-state index is 4.77. The van der Waals surface area contributed by atoms with Crippen LogP contribution in [0.3, 0.4) is 0 Å². The predicted molar refractivity (Wildman–Crippen MR) is 114 cm³/mol. The van der Waals surface area contributed by atoms with Crippen molar-refractivity contribution in [2.45, 2.75) is 33.1 Å². The van der Waals surface area contributed by atoms with Gasteiger partial charge in [-0.2, -0.15) is 0 Å². The first kappa shape index (κ1) is 21.2.